The van der Waals surface area contributed by atoms with Crippen LogP contribution in [0.4, 0.5) is 0 Å². The van der Waals surface area contributed by atoms with Crippen molar-refractivity contribution in [2.45, 2.75) is 76.7 Å². The second-order valence-corrected chi connectivity index (χ2v) is 20.3. The Hall–Kier alpha value is -3.61. The van der Waals surface area contributed by atoms with E-state index in [1.807, 2.05) is 42.5 Å². The molecule has 6 rings (SSSR count). The van der Waals surface area contributed by atoms with Crippen molar-refractivity contribution in [2.75, 3.05) is 6.61 Å². The van der Waals surface area contributed by atoms with E-state index in [9.17, 15) is 4.57 Å². The van der Waals surface area contributed by atoms with Gasteiger partial charge in [-0.05, 0) is 77.9 Å². The van der Waals surface area contributed by atoms with E-state index in [1.165, 1.54) is 10.4 Å². The molecule has 0 bridgehead atoms. The molecule has 1 saturated heterocycles. The van der Waals surface area contributed by atoms with Crippen molar-refractivity contribution in [1.82, 2.24) is 0 Å². The zero-order chi connectivity index (χ0) is 33.8. The van der Waals surface area contributed by atoms with Crippen molar-refractivity contribution < 1.29 is 27.5 Å². The van der Waals surface area contributed by atoms with Crippen molar-refractivity contribution in [3.63, 3.8) is 0 Å². The van der Waals surface area contributed by atoms with Gasteiger partial charge in [-0.2, -0.15) is 0 Å². The number of rotatable bonds is 10. The Kier molecular flexibility index (Phi) is 10.1. The first-order valence-corrected chi connectivity index (χ1v) is 20.4. The van der Waals surface area contributed by atoms with Gasteiger partial charge in [0.05, 0.1) is 12.7 Å². The molecule has 4 aromatic carbocycles. The lowest BCUT2D eigenvalue weighted by atomic mass is 9.82. The van der Waals surface area contributed by atoms with Gasteiger partial charge in [0, 0.05) is 0 Å². The number of benzene rings is 4. The summed E-state index contributed by atoms with van der Waals surface area (Å²) in [5.41, 5.74) is -0.407. The lowest BCUT2D eigenvalue weighted by molar-refractivity contribution is -0.210. The molecule has 0 aromatic heterocycles. The summed E-state index contributed by atoms with van der Waals surface area (Å²) < 4.78 is 47.9. The van der Waals surface area contributed by atoms with E-state index >= 15 is 0 Å². The highest BCUT2D eigenvalue weighted by atomic mass is 31.2. The van der Waals surface area contributed by atoms with Gasteiger partial charge in [0.25, 0.3) is 8.32 Å². The molecular formula is C40H47O6PSi. The van der Waals surface area contributed by atoms with Crippen molar-refractivity contribution in [2.24, 2.45) is 5.92 Å². The summed E-state index contributed by atoms with van der Waals surface area (Å²) in [5.74, 6) is 1.01. The third-order valence-electron chi connectivity index (χ3n) is 9.63. The second-order valence-electron chi connectivity index (χ2n) is 14.1. The van der Waals surface area contributed by atoms with Crippen LogP contribution < -0.4 is 19.4 Å². The fourth-order valence-corrected chi connectivity index (χ4v) is 13.2. The zero-order valence-corrected chi connectivity index (χ0v) is 30.5. The molecule has 0 unspecified atom stereocenters. The lowest BCUT2D eigenvalue weighted by Crippen LogP contribution is -2.67. The van der Waals surface area contributed by atoms with Gasteiger partial charge in [0.15, 0.2) is 0 Å². The summed E-state index contributed by atoms with van der Waals surface area (Å²) in [7, 11) is -6.69. The Bertz CT molecular complexity index is 1630. The monoisotopic (exact) mass is 682 g/mol. The molecule has 4 atom stereocenters. The van der Waals surface area contributed by atoms with Crippen LogP contribution in [0, 0.1) is 5.92 Å². The molecule has 0 N–H and O–H groups in total. The second kappa shape index (κ2) is 14.1. The van der Waals surface area contributed by atoms with Gasteiger partial charge >= 0.3 is 7.60 Å². The van der Waals surface area contributed by atoms with E-state index in [0.29, 0.717) is 37.4 Å². The largest absolute Gasteiger partial charge is 0.497 e. The van der Waals surface area contributed by atoms with Gasteiger partial charge < -0.3 is 22.9 Å². The summed E-state index contributed by atoms with van der Waals surface area (Å²) in [5, 5.41) is 2.36. The third-order valence-corrected chi connectivity index (χ3v) is 16.4. The number of hydrogen-bond acceptors (Lipinski definition) is 6. The molecule has 4 aromatic rings. The molecule has 2 aliphatic heterocycles. The topological polar surface area (TPSA) is 63.2 Å². The van der Waals surface area contributed by atoms with Crippen molar-refractivity contribution in [3.8, 4) is 11.5 Å². The fraction of sp³-hybridized carbons (Fsp3) is 0.350. The van der Waals surface area contributed by atoms with Crippen LogP contribution in [0.2, 0.25) is 5.04 Å². The smallest absolute Gasteiger partial charge is 0.478 e. The number of ether oxygens (including phenoxy) is 2. The molecule has 0 amide bonds. The van der Waals surface area contributed by atoms with Crippen molar-refractivity contribution in [3.05, 3.63) is 133 Å². The van der Waals surface area contributed by atoms with E-state index < -0.39 is 21.5 Å². The van der Waals surface area contributed by atoms with Crippen LogP contribution >= 0.6 is 7.60 Å². The number of para-hydroxylation sites is 2. The molecule has 0 saturated carbocycles. The number of allylic oxidation sites excluding steroid dienone is 1. The molecule has 0 aliphatic carbocycles. The number of fused-ring (bicyclic) bond motifs is 1. The van der Waals surface area contributed by atoms with Crippen molar-refractivity contribution >= 4 is 26.3 Å². The summed E-state index contributed by atoms with van der Waals surface area (Å²) in [4.78, 5) is 0. The summed E-state index contributed by atoms with van der Waals surface area (Å²) in [6.45, 7) is 11.6. The van der Waals surface area contributed by atoms with E-state index in [2.05, 4.69) is 95.3 Å². The van der Waals surface area contributed by atoms with Crippen LogP contribution in [0.1, 0.15) is 53.9 Å². The molecule has 6 nitrogen and oxygen atoms in total. The quantitative estimate of drug-likeness (QED) is 0.123. The van der Waals surface area contributed by atoms with Crippen LogP contribution in [0.25, 0.3) is 0 Å². The Labute approximate surface area is 286 Å². The van der Waals surface area contributed by atoms with Gasteiger partial charge in [-0.15, -0.1) is 0 Å². The predicted octanol–water partition coefficient (Wildman–Crippen LogP) is 9.12. The molecule has 48 heavy (non-hydrogen) atoms. The maximum atomic E-state index is 14.7. The predicted molar refractivity (Wildman–Crippen MR) is 195 cm³/mol. The molecule has 8 heteroatoms. The average molecular weight is 683 g/mol. The lowest BCUT2D eigenvalue weighted by Gasteiger charge is -2.49. The maximum Gasteiger partial charge on any atom is 0.497 e. The highest BCUT2D eigenvalue weighted by Gasteiger charge is 2.53. The van der Waals surface area contributed by atoms with Crippen molar-refractivity contribution in [1.29, 1.82) is 0 Å². The third kappa shape index (κ3) is 7.06. The Balaban J connectivity index is 1.25. The first-order valence-electron chi connectivity index (χ1n) is 16.9. The van der Waals surface area contributed by atoms with E-state index in [1.54, 1.807) is 24.3 Å². The van der Waals surface area contributed by atoms with Gasteiger partial charge in [-0.3, -0.25) is 0 Å². The van der Waals surface area contributed by atoms with Gasteiger partial charge in [-0.25, -0.2) is 4.57 Å². The SMILES string of the molecule is C[C@H]1C[C@@H]2OC(P(=O)(Oc3ccccc3)Oc3ccccc3)=CCC[C@@]2(C)O[C@H]1CO[Si](c1ccccc1)(c1ccccc1)C(C)(C)C. The van der Waals surface area contributed by atoms with Gasteiger partial charge in [-0.1, -0.05) is 125 Å². The van der Waals surface area contributed by atoms with Crippen LogP contribution in [-0.4, -0.2) is 32.7 Å². The normalized spacial score (nSPS) is 23.2. The summed E-state index contributed by atoms with van der Waals surface area (Å²) >= 11 is 0. The maximum absolute atomic E-state index is 14.7. The van der Waals surface area contributed by atoms with Crippen LogP contribution in [0.15, 0.2) is 133 Å². The first-order chi connectivity index (χ1) is 23.0. The average Bonchev–Trinajstić information content (AvgIpc) is 3.25. The minimum absolute atomic E-state index is 0.116. The summed E-state index contributed by atoms with van der Waals surface area (Å²) in [6.07, 6.45) is 3.36. The Morgan fingerprint density at radius 1 is 0.792 bits per heavy atom. The fourth-order valence-electron chi connectivity index (χ4n) is 7.04. The zero-order valence-electron chi connectivity index (χ0n) is 28.6. The van der Waals surface area contributed by atoms with Crippen LogP contribution in [-0.2, 0) is 18.5 Å². The summed E-state index contributed by atoms with van der Waals surface area (Å²) in [6, 6.07) is 39.6. The van der Waals surface area contributed by atoms with Gasteiger partial charge in [0.1, 0.15) is 23.2 Å². The molecule has 2 aliphatic rings. The highest BCUT2D eigenvalue weighted by Crippen LogP contribution is 2.58. The number of hydrogen-bond donors (Lipinski definition) is 0. The van der Waals surface area contributed by atoms with E-state index in [4.69, 9.17) is 22.9 Å². The Morgan fingerprint density at radius 3 is 1.75 bits per heavy atom. The standard InChI is InChI=1S/C40H47O6PSi/c1-31-29-37-40(5,28-18-27-38(43-37)47(41,45-32-19-10-6-11-20-32)46-33-21-12-7-13-22-33)44-36(31)30-42-48(39(2,3)4,34-23-14-8-15-24-34)35-25-16-9-17-26-35/h6-17,19-27,31,36-37H,18,28-30H2,1-5H3/t31-,36-,37-,40+/m0/s1. The molecule has 2 heterocycles. The molecule has 1 fully saturated rings. The molecule has 0 spiro atoms. The highest BCUT2D eigenvalue weighted by molar-refractivity contribution is 7.59. The van der Waals surface area contributed by atoms with Crippen LogP contribution in [0.5, 0.6) is 11.5 Å². The first kappa shape index (κ1) is 34.3. The minimum atomic E-state index is -3.95. The Morgan fingerprint density at radius 2 is 1.27 bits per heavy atom. The van der Waals surface area contributed by atoms with E-state index in [0.717, 1.165) is 0 Å². The van der Waals surface area contributed by atoms with Crippen LogP contribution in [0.3, 0.4) is 0 Å². The molecule has 0 radical (unpaired) electrons. The minimum Gasteiger partial charge on any atom is -0.478 e. The molecule has 252 valence electrons. The molecular weight excluding hydrogens is 635 g/mol. The van der Waals surface area contributed by atoms with Gasteiger partial charge in [0.2, 0.25) is 5.50 Å². The van der Waals surface area contributed by atoms with E-state index in [-0.39, 0.29) is 28.7 Å².